The van der Waals surface area contributed by atoms with E-state index in [2.05, 4.69) is 0 Å². The molecule has 1 unspecified atom stereocenters. The summed E-state index contributed by atoms with van der Waals surface area (Å²) in [5, 5.41) is 0. The fraction of sp³-hybridized carbons (Fsp3) is 0.500. The van der Waals surface area contributed by atoms with Crippen LogP contribution in [-0.2, 0) is 22.6 Å². The molecule has 156 valence electrons. The molecule has 1 fully saturated rings. The van der Waals surface area contributed by atoms with E-state index in [1.54, 1.807) is 41.7 Å². The average Bonchev–Trinajstić information content (AvgIpc) is 3.37. The highest BCUT2D eigenvalue weighted by molar-refractivity contribution is 6.06. The van der Waals surface area contributed by atoms with Crippen LogP contribution in [0.4, 0.5) is 0 Å². The Morgan fingerprint density at radius 3 is 2.52 bits per heavy atom. The van der Waals surface area contributed by atoms with Gasteiger partial charge in [0.05, 0.1) is 26.0 Å². The highest BCUT2D eigenvalue weighted by atomic mass is 16.5. The van der Waals surface area contributed by atoms with E-state index in [0.29, 0.717) is 34.8 Å². The Balaban J connectivity index is 1.98. The second-order valence-electron chi connectivity index (χ2n) is 7.53. The Morgan fingerprint density at radius 1 is 1.31 bits per heavy atom. The summed E-state index contributed by atoms with van der Waals surface area (Å²) in [5.74, 6) is -0.0685. The van der Waals surface area contributed by atoms with Gasteiger partial charge >= 0.3 is 5.97 Å². The van der Waals surface area contributed by atoms with Gasteiger partial charge in [0.25, 0.3) is 0 Å². The van der Waals surface area contributed by atoms with Crippen molar-refractivity contribution < 1.29 is 23.5 Å². The van der Waals surface area contributed by atoms with Gasteiger partial charge in [0.2, 0.25) is 5.91 Å². The van der Waals surface area contributed by atoms with E-state index in [9.17, 15) is 14.4 Å². The fourth-order valence-electron chi connectivity index (χ4n) is 3.90. The van der Waals surface area contributed by atoms with E-state index in [1.165, 1.54) is 7.11 Å². The van der Waals surface area contributed by atoms with Gasteiger partial charge in [-0.2, -0.15) is 0 Å². The third-order valence-corrected chi connectivity index (χ3v) is 5.67. The fourth-order valence-corrected chi connectivity index (χ4v) is 3.90. The summed E-state index contributed by atoms with van der Waals surface area (Å²) in [6.45, 7) is 8.01. The molecule has 1 aliphatic carbocycles. The minimum Gasteiger partial charge on any atom is -0.467 e. The van der Waals surface area contributed by atoms with E-state index < -0.39 is 12.0 Å². The maximum absolute atomic E-state index is 13.5. The van der Waals surface area contributed by atoms with E-state index >= 15 is 0 Å². The van der Waals surface area contributed by atoms with Crippen LogP contribution in [-0.4, -0.2) is 40.3 Å². The molecule has 7 heteroatoms. The van der Waals surface area contributed by atoms with E-state index in [-0.39, 0.29) is 24.2 Å². The quantitative estimate of drug-likeness (QED) is 0.500. The molecule has 2 heterocycles. The largest absolute Gasteiger partial charge is 0.467 e. The van der Waals surface area contributed by atoms with Gasteiger partial charge < -0.3 is 18.6 Å². The molecule has 3 rings (SSSR count). The third-order valence-electron chi connectivity index (χ3n) is 5.67. The smallest absolute Gasteiger partial charge is 0.354 e. The molecule has 1 atom stereocenters. The number of nitrogens with zero attached hydrogens (tertiary/aromatic N) is 2. The van der Waals surface area contributed by atoms with Crippen LogP contribution in [0.1, 0.15) is 64.6 Å². The second-order valence-corrected chi connectivity index (χ2v) is 7.53. The normalized spacial score (nSPS) is 14.5. The summed E-state index contributed by atoms with van der Waals surface area (Å²) in [6.07, 6.45) is 3.26. The molecule has 0 aromatic carbocycles. The molecule has 0 radical (unpaired) electrons. The number of aromatic nitrogens is 1. The Bertz CT molecular complexity index is 922. The number of carbonyl (C=O) groups is 3. The number of Topliss-reactive ketones (excluding diaryl/α,β-unsaturated/α-hetero) is 1. The first-order chi connectivity index (χ1) is 13.8. The SMILES string of the molecule is CCn1c(C)c(C(=O)C(C)N(Cc2ccco2)C(=O)C2CC2)c(C)c1C(=O)OC. The second kappa shape index (κ2) is 8.27. The maximum Gasteiger partial charge on any atom is 0.354 e. The summed E-state index contributed by atoms with van der Waals surface area (Å²) in [5.41, 5.74) is 2.16. The zero-order valence-electron chi connectivity index (χ0n) is 17.7. The van der Waals surface area contributed by atoms with Crippen LogP contribution in [0.5, 0.6) is 0 Å². The van der Waals surface area contributed by atoms with Crippen LogP contribution < -0.4 is 0 Å². The zero-order valence-corrected chi connectivity index (χ0v) is 17.7. The first-order valence-electron chi connectivity index (χ1n) is 9.96. The Kier molecular flexibility index (Phi) is 5.96. The van der Waals surface area contributed by atoms with Gasteiger partial charge in [-0.25, -0.2) is 4.79 Å². The van der Waals surface area contributed by atoms with Gasteiger partial charge in [-0.05, 0) is 58.2 Å². The lowest BCUT2D eigenvalue weighted by molar-refractivity contribution is -0.134. The van der Waals surface area contributed by atoms with Crippen molar-refractivity contribution >= 4 is 17.7 Å². The molecular formula is C22H28N2O5. The molecule has 1 amide bonds. The van der Waals surface area contributed by atoms with Crippen molar-refractivity contribution in [3.05, 3.63) is 46.7 Å². The van der Waals surface area contributed by atoms with Crippen LogP contribution in [0.2, 0.25) is 0 Å². The molecule has 1 saturated carbocycles. The highest BCUT2D eigenvalue weighted by Crippen LogP contribution is 2.33. The van der Waals surface area contributed by atoms with Crippen molar-refractivity contribution in [3.8, 4) is 0 Å². The van der Waals surface area contributed by atoms with Crippen LogP contribution in [0.15, 0.2) is 22.8 Å². The van der Waals surface area contributed by atoms with Crippen LogP contribution in [0.3, 0.4) is 0 Å². The van der Waals surface area contributed by atoms with Crippen molar-refractivity contribution in [1.82, 2.24) is 9.47 Å². The highest BCUT2D eigenvalue weighted by Gasteiger charge is 2.39. The van der Waals surface area contributed by atoms with Crippen molar-refractivity contribution in [2.24, 2.45) is 5.92 Å². The minimum atomic E-state index is -0.677. The molecule has 0 aliphatic heterocycles. The van der Waals surface area contributed by atoms with Gasteiger partial charge in [-0.15, -0.1) is 0 Å². The number of hydrogen-bond acceptors (Lipinski definition) is 5. The minimum absolute atomic E-state index is 0.0201. The number of rotatable bonds is 8. The molecular weight excluding hydrogens is 372 g/mol. The van der Waals surface area contributed by atoms with Gasteiger partial charge in [0.1, 0.15) is 11.5 Å². The van der Waals surface area contributed by atoms with Crippen molar-refractivity contribution in [3.63, 3.8) is 0 Å². The number of hydrogen-bond donors (Lipinski definition) is 0. The Morgan fingerprint density at radius 2 is 2.00 bits per heavy atom. The monoisotopic (exact) mass is 400 g/mol. The molecule has 1 aliphatic rings. The van der Waals surface area contributed by atoms with Crippen molar-refractivity contribution in [2.75, 3.05) is 7.11 Å². The number of carbonyl (C=O) groups excluding carboxylic acids is 3. The lowest BCUT2D eigenvalue weighted by atomic mass is 9.99. The van der Waals surface area contributed by atoms with Crippen LogP contribution >= 0.6 is 0 Å². The van der Waals surface area contributed by atoms with E-state index in [4.69, 9.17) is 9.15 Å². The molecule has 29 heavy (non-hydrogen) atoms. The van der Waals surface area contributed by atoms with Gasteiger partial charge in [0.15, 0.2) is 5.78 Å². The van der Waals surface area contributed by atoms with Crippen LogP contribution in [0, 0.1) is 19.8 Å². The zero-order chi connectivity index (χ0) is 21.3. The Hall–Kier alpha value is -2.83. The number of ketones is 1. The molecule has 2 aromatic rings. The lowest BCUT2D eigenvalue weighted by Gasteiger charge is -2.28. The topological polar surface area (TPSA) is 81.8 Å². The summed E-state index contributed by atoms with van der Waals surface area (Å²) in [7, 11) is 1.33. The predicted octanol–water partition coefficient (Wildman–Crippen LogP) is 3.51. The number of methoxy groups -OCH3 is 1. The third kappa shape index (κ3) is 3.86. The summed E-state index contributed by atoms with van der Waals surface area (Å²) < 4.78 is 12.1. The molecule has 0 spiro atoms. The van der Waals surface area contributed by atoms with Gasteiger partial charge in [-0.1, -0.05) is 0 Å². The van der Waals surface area contributed by atoms with Gasteiger partial charge in [0, 0.05) is 23.7 Å². The molecule has 2 aromatic heterocycles. The lowest BCUT2D eigenvalue weighted by Crippen LogP contribution is -2.43. The van der Waals surface area contributed by atoms with Crippen molar-refractivity contribution in [1.29, 1.82) is 0 Å². The number of ether oxygens (including phenoxy) is 1. The van der Waals surface area contributed by atoms with Gasteiger partial charge in [-0.3, -0.25) is 9.59 Å². The molecule has 0 N–H and O–H groups in total. The summed E-state index contributed by atoms with van der Waals surface area (Å²) in [4.78, 5) is 40.3. The van der Waals surface area contributed by atoms with E-state index in [1.807, 2.05) is 13.8 Å². The summed E-state index contributed by atoms with van der Waals surface area (Å²) in [6, 6.07) is 2.88. The Labute approximate surface area is 170 Å². The average molecular weight is 400 g/mol. The molecule has 0 bridgehead atoms. The first-order valence-corrected chi connectivity index (χ1v) is 9.96. The van der Waals surface area contributed by atoms with Crippen molar-refractivity contribution in [2.45, 2.75) is 59.7 Å². The standard InChI is InChI=1S/C22H28N2O5/c1-6-23-14(3)18(13(2)19(23)22(27)28-5)20(25)15(4)24(21(26)16-9-10-16)12-17-8-7-11-29-17/h7-8,11,15-16H,6,9-10,12H2,1-5H3. The first kappa shape index (κ1) is 20.9. The number of amides is 1. The predicted molar refractivity (Wildman–Crippen MR) is 107 cm³/mol. The number of furan rings is 1. The molecule has 0 saturated heterocycles. The maximum atomic E-state index is 13.5. The molecule has 7 nitrogen and oxygen atoms in total. The number of esters is 1. The van der Waals surface area contributed by atoms with E-state index in [0.717, 1.165) is 12.8 Å². The summed E-state index contributed by atoms with van der Waals surface area (Å²) >= 11 is 0. The van der Waals surface area contributed by atoms with Crippen LogP contribution in [0.25, 0.3) is 0 Å².